The smallest absolute Gasteiger partial charge is 0.338 e. The number of hydrogen-bond donors (Lipinski definition) is 2. The van der Waals surface area contributed by atoms with Crippen molar-refractivity contribution in [3.05, 3.63) is 53.5 Å². The van der Waals surface area contributed by atoms with E-state index in [9.17, 15) is 14.4 Å². The monoisotopic (exact) mass is 374 g/mol. The Morgan fingerprint density at radius 1 is 1.26 bits per heavy atom. The van der Waals surface area contributed by atoms with Crippen LogP contribution in [0.5, 0.6) is 5.75 Å². The molecule has 0 saturated heterocycles. The number of carboxylic acid groups (broad SMARTS) is 1. The maximum Gasteiger partial charge on any atom is 0.338 e. The summed E-state index contributed by atoms with van der Waals surface area (Å²) in [5, 5.41) is 11.7. The van der Waals surface area contributed by atoms with Crippen LogP contribution in [0, 0.1) is 0 Å². The van der Waals surface area contributed by atoms with Crippen molar-refractivity contribution in [3.8, 4) is 5.75 Å². The average Bonchev–Trinajstić information content (AvgIpc) is 3.15. The van der Waals surface area contributed by atoms with Crippen LogP contribution in [-0.4, -0.2) is 48.5 Å². The molecule has 0 fully saturated rings. The SMILES string of the molecule is CCC(NC(=O)c1cc(C(=O)O)co1)c1ccccc1OCC(=O)N(C)C. The number of nitrogens with one attached hydrogen (secondary N) is 1. The fraction of sp³-hybridized carbons (Fsp3) is 0.316. The highest BCUT2D eigenvalue weighted by atomic mass is 16.5. The molecule has 1 aromatic heterocycles. The zero-order valence-corrected chi connectivity index (χ0v) is 15.4. The number of carboxylic acids is 1. The van der Waals surface area contributed by atoms with Gasteiger partial charge in [-0.15, -0.1) is 0 Å². The lowest BCUT2D eigenvalue weighted by Crippen LogP contribution is -2.30. The minimum atomic E-state index is -1.17. The summed E-state index contributed by atoms with van der Waals surface area (Å²) in [5.74, 6) is -1.49. The molecule has 8 heteroatoms. The molecule has 1 aromatic carbocycles. The average molecular weight is 374 g/mol. The Labute approximate surface area is 156 Å². The lowest BCUT2D eigenvalue weighted by molar-refractivity contribution is -0.130. The minimum absolute atomic E-state index is 0.0907. The van der Waals surface area contributed by atoms with Crippen LogP contribution < -0.4 is 10.1 Å². The van der Waals surface area contributed by atoms with Crippen LogP contribution in [0.4, 0.5) is 0 Å². The van der Waals surface area contributed by atoms with Gasteiger partial charge in [0.2, 0.25) is 0 Å². The Morgan fingerprint density at radius 2 is 1.96 bits per heavy atom. The van der Waals surface area contributed by atoms with Gasteiger partial charge in [0.05, 0.1) is 11.6 Å². The van der Waals surface area contributed by atoms with E-state index in [2.05, 4.69) is 5.32 Å². The highest BCUT2D eigenvalue weighted by Crippen LogP contribution is 2.27. The zero-order valence-electron chi connectivity index (χ0n) is 15.4. The molecule has 0 aliphatic carbocycles. The molecule has 0 saturated carbocycles. The third-order valence-electron chi connectivity index (χ3n) is 3.93. The predicted molar refractivity (Wildman–Crippen MR) is 96.8 cm³/mol. The third-order valence-corrected chi connectivity index (χ3v) is 3.93. The number of hydrogen-bond acceptors (Lipinski definition) is 5. The Balaban J connectivity index is 2.15. The standard InChI is InChI=1S/C19H22N2O6/c1-4-14(20-18(23)16-9-12(10-26-16)19(24)25)13-7-5-6-8-15(13)27-11-17(22)21(2)3/h5-10,14H,4,11H2,1-3H3,(H,20,23)(H,24,25). The number of carbonyl (C=O) groups is 3. The van der Waals surface area contributed by atoms with Gasteiger partial charge in [-0.05, 0) is 12.5 Å². The Kier molecular flexibility index (Phi) is 6.59. The number of likely N-dealkylation sites (N-methyl/N-ethyl adjacent to an activating group) is 1. The quantitative estimate of drug-likeness (QED) is 0.734. The number of para-hydroxylation sites is 1. The van der Waals surface area contributed by atoms with E-state index in [1.165, 1.54) is 11.0 Å². The molecule has 1 heterocycles. The van der Waals surface area contributed by atoms with Crippen LogP contribution in [-0.2, 0) is 4.79 Å². The molecular formula is C19H22N2O6. The van der Waals surface area contributed by atoms with Crippen molar-refractivity contribution in [1.29, 1.82) is 0 Å². The molecule has 2 rings (SSSR count). The minimum Gasteiger partial charge on any atom is -0.483 e. The second-order valence-corrected chi connectivity index (χ2v) is 6.05. The number of amides is 2. The van der Waals surface area contributed by atoms with Gasteiger partial charge in [-0.3, -0.25) is 9.59 Å². The van der Waals surface area contributed by atoms with Crippen LogP contribution in [0.2, 0.25) is 0 Å². The van der Waals surface area contributed by atoms with Gasteiger partial charge in [0.25, 0.3) is 11.8 Å². The molecule has 0 bridgehead atoms. The second kappa shape index (κ2) is 8.88. The van der Waals surface area contributed by atoms with Crippen molar-refractivity contribution in [3.63, 3.8) is 0 Å². The highest BCUT2D eigenvalue weighted by molar-refractivity contribution is 5.95. The van der Waals surface area contributed by atoms with E-state index in [4.69, 9.17) is 14.3 Å². The Morgan fingerprint density at radius 3 is 2.56 bits per heavy atom. The summed E-state index contributed by atoms with van der Waals surface area (Å²) < 4.78 is 10.7. The maximum atomic E-state index is 12.4. The van der Waals surface area contributed by atoms with Crippen LogP contribution in [0.3, 0.4) is 0 Å². The van der Waals surface area contributed by atoms with E-state index in [1.807, 2.05) is 6.92 Å². The molecule has 8 nitrogen and oxygen atoms in total. The third kappa shape index (κ3) is 5.10. The number of nitrogens with zero attached hydrogens (tertiary/aromatic N) is 1. The lowest BCUT2D eigenvalue weighted by Gasteiger charge is -2.20. The van der Waals surface area contributed by atoms with Gasteiger partial charge in [-0.25, -0.2) is 4.79 Å². The molecule has 1 atom stereocenters. The van der Waals surface area contributed by atoms with E-state index < -0.39 is 17.9 Å². The van der Waals surface area contributed by atoms with E-state index in [0.29, 0.717) is 17.7 Å². The Hall–Kier alpha value is -3.29. The molecule has 0 spiro atoms. The molecule has 2 aromatic rings. The normalized spacial score (nSPS) is 11.5. The zero-order chi connectivity index (χ0) is 20.0. The van der Waals surface area contributed by atoms with Crippen molar-refractivity contribution in [1.82, 2.24) is 10.2 Å². The first-order valence-corrected chi connectivity index (χ1v) is 8.38. The van der Waals surface area contributed by atoms with Gasteiger partial charge < -0.3 is 24.5 Å². The second-order valence-electron chi connectivity index (χ2n) is 6.05. The number of ether oxygens (including phenoxy) is 1. The van der Waals surface area contributed by atoms with Crippen LogP contribution in [0.25, 0.3) is 0 Å². The van der Waals surface area contributed by atoms with E-state index in [1.54, 1.807) is 38.4 Å². The fourth-order valence-corrected chi connectivity index (χ4v) is 2.36. The number of carbonyl (C=O) groups excluding carboxylic acids is 2. The van der Waals surface area contributed by atoms with Crippen molar-refractivity contribution in [2.75, 3.05) is 20.7 Å². The summed E-state index contributed by atoms with van der Waals surface area (Å²) in [6.45, 7) is 1.77. The van der Waals surface area contributed by atoms with Crippen molar-refractivity contribution in [2.24, 2.45) is 0 Å². The first-order chi connectivity index (χ1) is 12.8. The molecule has 144 valence electrons. The Bertz CT molecular complexity index is 827. The lowest BCUT2D eigenvalue weighted by atomic mass is 10.0. The number of aromatic carboxylic acids is 1. The van der Waals surface area contributed by atoms with Gasteiger partial charge in [0, 0.05) is 25.7 Å². The molecule has 2 amide bonds. The summed E-state index contributed by atoms with van der Waals surface area (Å²) in [6.07, 6.45) is 1.57. The van der Waals surface area contributed by atoms with Crippen molar-refractivity contribution in [2.45, 2.75) is 19.4 Å². The van der Waals surface area contributed by atoms with Gasteiger partial charge in [-0.1, -0.05) is 25.1 Å². The number of rotatable bonds is 8. The molecule has 2 N–H and O–H groups in total. The summed E-state index contributed by atoms with van der Waals surface area (Å²) in [4.78, 5) is 36.5. The summed E-state index contributed by atoms with van der Waals surface area (Å²) in [7, 11) is 3.28. The fourth-order valence-electron chi connectivity index (χ4n) is 2.36. The van der Waals surface area contributed by atoms with Crippen molar-refractivity contribution >= 4 is 17.8 Å². The first-order valence-electron chi connectivity index (χ1n) is 8.38. The molecule has 27 heavy (non-hydrogen) atoms. The highest BCUT2D eigenvalue weighted by Gasteiger charge is 2.21. The van der Waals surface area contributed by atoms with Crippen LogP contribution in [0.15, 0.2) is 41.0 Å². The summed E-state index contributed by atoms with van der Waals surface area (Å²) in [5.41, 5.74) is 0.615. The van der Waals surface area contributed by atoms with Crippen molar-refractivity contribution < 1.29 is 28.6 Å². The van der Waals surface area contributed by atoms with Gasteiger partial charge in [0.1, 0.15) is 12.0 Å². The molecule has 1 unspecified atom stereocenters. The number of benzene rings is 1. The van der Waals surface area contributed by atoms with Gasteiger partial charge >= 0.3 is 5.97 Å². The van der Waals surface area contributed by atoms with Gasteiger partial charge in [-0.2, -0.15) is 0 Å². The summed E-state index contributed by atoms with van der Waals surface area (Å²) >= 11 is 0. The first kappa shape index (κ1) is 20.0. The predicted octanol–water partition coefficient (Wildman–Crippen LogP) is 2.33. The topological polar surface area (TPSA) is 109 Å². The van der Waals surface area contributed by atoms with Crippen LogP contribution in [0.1, 0.15) is 45.9 Å². The molecular weight excluding hydrogens is 352 g/mol. The van der Waals surface area contributed by atoms with Crippen LogP contribution >= 0.6 is 0 Å². The molecule has 0 aliphatic rings. The molecule has 0 radical (unpaired) electrons. The largest absolute Gasteiger partial charge is 0.483 e. The number of furan rings is 1. The summed E-state index contributed by atoms with van der Waals surface area (Å²) in [6, 6.07) is 7.88. The van der Waals surface area contributed by atoms with E-state index >= 15 is 0 Å². The van der Waals surface area contributed by atoms with Gasteiger partial charge in [0.15, 0.2) is 12.4 Å². The van der Waals surface area contributed by atoms with E-state index in [-0.39, 0.29) is 23.8 Å². The van der Waals surface area contributed by atoms with E-state index in [0.717, 1.165) is 6.26 Å². The molecule has 0 aliphatic heterocycles. The maximum absolute atomic E-state index is 12.4.